The molecule has 27 heavy (non-hydrogen) atoms. The van der Waals surface area contributed by atoms with E-state index in [4.69, 9.17) is 4.84 Å². The van der Waals surface area contributed by atoms with Crippen LogP contribution in [0.3, 0.4) is 0 Å². The summed E-state index contributed by atoms with van der Waals surface area (Å²) in [7, 11) is 0. The van der Waals surface area contributed by atoms with E-state index in [0.717, 1.165) is 32.1 Å². The minimum Gasteiger partial charge on any atom is -0.330 e. The summed E-state index contributed by atoms with van der Waals surface area (Å²) in [5, 5.41) is 0.594. The molecule has 0 bridgehead atoms. The quantitative estimate of drug-likeness (QED) is 0.651. The van der Waals surface area contributed by atoms with Crippen molar-refractivity contribution in [2.45, 2.75) is 64.3 Å². The SMILES string of the molecule is CC1CC(=O)N(OC(=O)CCCC2CCC(N3C(=O)C=CC3=O)CC2)C1=O. The molecule has 0 aromatic rings. The van der Waals surface area contributed by atoms with Crippen LogP contribution in [0.5, 0.6) is 0 Å². The molecule has 0 radical (unpaired) electrons. The summed E-state index contributed by atoms with van der Waals surface area (Å²) >= 11 is 0. The molecule has 2 heterocycles. The zero-order valence-electron chi connectivity index (χ0n) is 15.4. The van der Waals surface area contributed by atoms with Crippen molar-refractivity contribution in [1.29, 1.82) is 0 Å². The van der Waals surface area contributed by atoms with Gasteiger partial charge in [-0.2, -0.15) is 0 Å². The Balaban J connectivity index is 1.35. The van der Waals surface area contributed by atoms with Gasteiger partial charge >= 0.3 is 5.97 Å². The molecular formula is C19H24N2O6. The molecular weight excluding hydrogens is 352 g/mol. The number of hydrogen-bond donors (Lipinski definition) is 0. The Hall–Kier alpha value is -2.51. The Morgan fingerprint density at radius 3 is 2.26 bits per heavy atom. The molecule has 4 amide bonds. The fourth-order valence-electron chi connectivity index (χ4n) is 4.00. The monoisotopic (exact) mass is 376 g/mol. The lowest BCUT2D eigenvalue weighted by molar-refractivity contribution is -0.198. The van der Waals surface area contributed by atoms with E-state index in [9.17, 15) is 24.0 Å². The number of nitrogens with zero attached hydrogens (tertiary/aromatic N) is 2. The zero-order chi connectivity index (χ0) is 19.6. The first-order valence-corrected chi connectivity index (χ1v) is 9.49. The molecule has 3 rings (SSSR count). The molecule has 3 aliphatic rings. The minimum atomic E-state index is -0.571. The van der Waals surface area contributed by atoms with Crippen molar-refractivity contribution in [2.24, 2.45) is 11.8 Å². The van der Waals surface area contributed by atoms with E-state index < -0.39 is 23.7 Å². The number of hydrogen-bond acceptors (Lipinski definition) is 6. The standard InChI is InChI=1S/C19H24N2O6/c1-12-11-17(24)21(19(12)26)27-18(25)4-2-3-13-5-7-14(8-6-13)20-15(22)9-10-16(20)23/h9-10,12-14H,2-8,11H2,1H3. The number of imide groups is 2. The van der Waals surface area contributed by atoms with E-state index in [2.05, 4.69) is 0 Å². The number of amides is 4. The van der Waals surface area contributed by atoms with Crippen molar-refractivity contribution in [3.8, 4) is 0 Å². The third-order valence-corrected chi connectivity index (χ3v) is 5.54. The molecule has 1 aliphatic carbocycles. The van der Waals surface area contributed by atoms with Gasteiger partial charge in [0.2, 0.25) is 0 Å². The van der Waals surface area contributed by atoms with Gasteiger partial charge in [-0.15, -0.1) is 5.06 Å². The largest absolute Gasteiger partial charge is 0.333 e. The minimum absolute atomic E-state index is 0.0320. The molecule has 1 atom stereocenters. The Kier molecular flexibility index (Phi) is 5.72. The van der Waals surface area contributed by atoms with E-state index in [-0.39, 0.29) is 30.7 Å². The van der Waals surface area contributed by atoms with E-state index >= 15 is 0 Å². The maximum Gasteiger partial charge on any atom is 0.333 e. The van der Waals surface area contributed by atoms with E-state index in [1.165, 1.54) is 17.1 Å². The van der Waals surface area contributed by atoms with Crippen LogP contribution in [-0.4, -0.2) is 45.6 Å². The summed E-state index contributed by atoms with van der Waals surface area (Å²) in [5.41, 5.74) is 0. The van der Waals surface area contributed by atoms with Crippen LogP contribution < -0.4 is 0 Å². The van der Waals surface area contributed by atoms with E-state index in [1.54, 1.807) is 6.92 Å². The molecule has 0 spiro atoms. The highest BCUT2D eigenvalue weighted by atomic mass is 16.7. The third kappa shape index (κ3) is 4.26. The zero-order valence-corrected chi connectivity index (χ0v) is 15.4. The Labute approximate surface area is 157 Å². The topological polar surface area (TPSA) is 101 Å². The van der Waals surface area contributed by atoms with Crippen molar-refractivity contribution in [1.82, 2.24) is 9.96 Å². The predicted octanol–water partition coefficient (Wildman–Crippen LogP) is 1.49. The highest BCUT2D eigenvalue weighted by molar-refractivity contribution is 6.13. The summed E-state index contributed by atoms with van der Waals surface area (Å²) in [4.78, 5) is 64.9. The van der Waals surface area contributed by atoms with Gasteiger partial charge in [0, 0.05) is 37.0 Å². The molecule has 1 saturated carbocycles. The normalized spacial score (nSPS) is 28.4. The van der Waals surface area contributed by atoms with Gasteiger partial charge in [-0.05, 0) is 44.4 Å². The van der Waals surface area contributed by atoms with Crippen LogP contribution in [0.2, 0.25) is 0 Å². The molecule has 1 unspecified atom stereocenters. The van der Waals surface area contributed by atoms with Crippen molar-refractivity contribution in [3.63, 3.8) is 0 Å². The molecule has 0 aromatic carbocycles. The molecule has 8 nitrogen and oxygen atoms in total. The molecule has 146 valence electrons. The van der Waals surface area contributed by atoms with Crippen molar-refractivity contribution in [3.05, 3.63) is 12.2 Å². The maximum absolute atomic E-state index is 11.9. The van der Waals surface area contributed by atoms with Crippen LogP contribution in [0.4, 0.5) is 0 Å². The average Bonchev–Trinajstić information content (AvgIpc) is 3.09. The second kappa shape index (κ2) is 8.02. The van der Waals surface area contributed by atoms with Crippen molar-refractivity contribution >= 4 is 29.6 Å². The van der Waals surface area contributed by atoms with Crippen LogP contribution in [0, 0.1) is 11.8 Å². The number of hydroxylamine groups is 2. The van der Waals surface area contributed by atoms with Crippen molar-refractivity contribution in [2.75, 3.05) is 0 Å². The smallest absolute Gasteiger partial charge is 0.330 e. The second-order valence-corrected chi connectivity index (χ2v) is 7.54. The Morgan fingerprint density at radius 1 is 1.07 bits per heavy atom. The lowest BCUT2D eigenvalue weighted by Gasteiger charge is -2.33. The van der Waals surface area contributed by atoms with Crippen molar-refractivity contribution < 1.29 is 28.8 Å². The van der Waals surface area contributed by atoms with Gasteiger partial charge in [0.1, 0.15) is 0 Å². The van der Waals surface area contributed by atoms with Gasteiger partial charge in [0.15, 0.2) is 0 Å². The number of carbonyl (C=O) groups is 5. The fourth-order valence-corrected chi connectivity index (χ4v) is 4.00. The van der Waals surface area contributed by atoms with Crippen LogP contribution in [0.25, 0.3) is 0 Å². The molecule has 2 aliphatic heterocycles. The number of rotatable bonds is 6. The fraction of sp³-hybridized carbons (Fsp3) is 0.632. The van der Waals surface area contributed by atoms with Crippen LogP contribution in [0.15, 0.2) is 12.2 Å². The average molecular weight is 376 g/mol. The second-order valence-electron chi connectivity index (χ2n) is 7.54. The highest BCUT2D eigenvalue weighted by Crippen LogP contribution is 2.32. The maximum atomic E-state index is 11.9. The van der Waals surface area contributed by atoms with Gasteiger partial charge in [-0.25, -0.2) is 4.79 Å². The Morgan fingerprint density at radius 2 is 1.70 bits per heavy atom. The molecule has 1 saturated heterocycles. The molecule has 8 heteroatoms. The first-order chi connectivity index (χ1) is 12.9. The number of carbonyl (C=O) groups excluding carboxylic acids is 5. The van der Waals surface area contributed by atoms with Crippen LogP contribution in [0.1, 0.15) is 58.3 Å². The van der Waals surface area contributed by atoms with Gasteiger partial charge in [0.25, 0.3) is 23.6 Å². The predicted molar refractivity (Wildman–Crippen MR) is 92.3 cm³/mol. The molecule has 2 fully saturated rings. The first kappa shape index (κ1) is 19.3. The lowest BCUT2D eigenvalue weighted by atomic mass is 9.82. The summed E-state index contributed by atoms with van der Waals surface area (Å²) in [6.07, 6.45) is 7.67. The summed E-state index contributed by atoms with van der Waals surface area (Å²) in [6, 6.07) is -0.0320. The lowest BCUT2D eigenvalue weighted by Crippen LogP contribution is -2.42. The van der Waals surface area contributed by atoms with Crippen LogP contribution in [-0.2, 0) is 28.8 Å². The van der Waals surface area contributed by atoms with Gasteiger partial charge in [-0.1, -0.05) is 6.92 Å². The summed E-state index contributed by atoms with van der Waals surface area (Å²) in [6.45, 7) is 1.63. The van der Waals surface area contributed by atoms with Gasteiger partial charge in [-0.3, -0.25) is 24.1 Å². The first-order valence-electron chi connectivity index (χ1n) is 9.49. The Bertz CT molecular complexity index is 674. The van der Waals surface area contributed by atoms with Gasteiger partial charge in [0.05, 0.1) is 0 Å². The van der Waals surface area contributed by atoms with Crippen LogP contribution >= 0.6 is 0 Å². The van der Waals surface area contributed by atoms with E-state index in [0.29, 0.717) is 17.4 Å². The summed E-state index contributed by atoms with van der Waals surface area (Å²) < 4.78 is 0. The molecule has 0 aromatic heterocycles. The molecule has 0 N–H and O–H groups in total. The van der Waals surface area contributed by atoms with Gasteiger partial charge < -0.3 is 4.84 Å². The highest BCUT2D eigenvalue weighted by Gasteiger charge is 2.39. The summed E-state index contributed by atoms with van der Waals surface area (Å²) in [5.74, 6) is -1.97. The third-order valence-electron chi connectivity index (χ3n) is 5.54. The van der Waals surface area contributed by atoms with E-state index in [1.807, 2.05) is 0 Å².